The first-order valence-corrected chi connectivity index (χ1v) is 8.17. The van der Waals surface area contributed by atoms with Crippen LogP contribution in [0.1, 0.15) is 34.9 Å². The fourth-order valence-corrected chi connectivity index (χ4v) is 3.87. The van der Waals surface area contributed by atoms with Crippen LogP contribution in [0.5, 0.6) is 5.75 Å². The van der Waals surface area contributed by atoms with Gasteiger partial charge in [-0.05, 0) is 66.9 Å². The Labute approximate surface area is 124 Å². The van der Waals surface area contributed by atoms with Crippen molar-refractivity contribution < 1.29 is 4.74 Å². The molecule has 0 radical (unpaired) electrons. The van der Waals surface area contributed by atoms with Gasteiger partial charge in [-0.2, -0.15) is 0 Å². The zero-order valence-corrected chi connectivity index (χ0v) is 12.7. The molecule has 0 amide bonds. The molecule has 0 saturated heterocycles. The van der Waals surface area contributed by atoms with Gasteiger partial charge in [0.1, 0.15) is 5.75 Å². The maximum Gasteiger partial charge on any atom is 0.118 e. The lowest BCUT2D eigenvalue weighted by atomic mass is 9.94. The van der Waals surface area contributed by atoms with Crippen LogP contribution in [0.3, 0.4) is 0 Å². The van der Waals surface area contributed by atoms with E-state index >= 15 is 0 Å². The summed E-state index contributed by atoms with van der Waals surface area (Å²) in [5.41, 5.74) is 2.90. The number of nitrogens with one attached hydrogen (secondary N) is 1. The molecule has 2 aromatic rings. The molecule has 1 unspecified atom stereocenters. The third-order valence-corrected chi connectivity index (χ3v) is 5.01. The van der Waals surface area contributed by atoms with Gasteiger partial charge in [-0.3, -0.25) is 0 Å². The van der Waals surface area contributed by atoms with Gasteiger partial charge in [-0.1, -0.05) is 12.1 Å². The maximum absolute atomic E-state index is 5.18. The Morgan fingerprint density at radius 1 is 1.25 bits per heavy atom. The number of hydrogen-bond acceptors (Lipinski definition) is 3. The molecular formula is C17H21NOS. The topological polar surface area (TPSA) is 21.3 Å². The molecular weight excluding hydrogens is 266 g/mol. The van der Waals surface area contributed by atoms with Crippen molar-refractivity contribution in [3.8, 4) is 5.75 Å². The third-order valence-electron chi connectivity index (χ3n) is 4.02. The Hall–Kier alpha value is -1.32. The molecule has 3 rings (SSSR count). The lowest BCUT2D eigenvalue weighted by molar-refractivity contribution is 0.414. The predicted octanol–water partition coefficient (Wildman–Crippen LogP) is 3.97. The van der Waals surface area contributed by atoms with E-state index in [4.69, 9.17) is 4.74 Å². The lowest BCUT2D eigenvalue weighted by Crippen LogP contribution is -2.26. The smallest absolute Gasteiger partial charge is 0.118 e. The second kappa shape index (κ2) is 6.42. The largest absolute Gasteiger partial charge is 0.497 e. The maximum atomic E-state index is 5.18. The molecule has 2 nitrogen and oxygen atoms in total. The van der Waals surface area contributed by atoms with Gasteiger partial charge in [0.05, 0.1) is 7.11 Å². The van der Waals surface area contributed by atoms with Crippen molar-refractivity contribution >= 4 is 11.3 Å². The zero-order valence-electron chi connectivity index (χ0n) is 11.9. The number of aryl methyl sites for hydroxylation is 1. The summed E-state index contributed by atoms with van der Waals surface area (Å²) in [6, 6.07) is 11.2. The molecule has 1 atom stereocenters. The summed E-state index contributed by atoms with van der Waals surface area (Å²) in [7, 11) is 1.71. The zero-order chi connectivity index (χ0) is 13.8. The molecule has 1 aliphatic rings. The van der Waals surface area contributed by atoms with Crippen molar-refractivity contribution in [1.29, 1.82) is 0 Å². The Kier molecular flexibility index (Phi) is 4.38. The molecule has 0 fully saturated rings. The van der Waals surface area contributed by atoms with Crippen LogP contribution in [0.25, 0.3) is 0 Å². The van der Waals surface area contributed by atoms with E-state index in [-0.39, 0.29) is 0 Å². The number of ether oxygens (including phenoxy) is 1. The summed E-state index contributed by atoms with van der Waals surface area (Å²) in [5.74, 6) is 0.928. The van der Waals surface area contributed by atoms with Crippen molar-refractivity contribution in [2.24, 2.45) is 0 Å². The van der Waals surface area contributed by atoms with Gasteiger partial charge in [0.2, 0.25) is 0 Å². The highest BCUT2D eigenvalue weighted by Gasteiger charge is 2.20. The molecule has 3 heteroatoms. The summed E-state index contributed by atoms with van der Waals surface area (Å²) >= 11 is 1.91. The molecule has 1 aliphatic carbocycles. The van der Waals surface area contributed by atoms with E-state index in [1.54, 1.807) is 12.0 Å². The summed E-state index contributed by atoms with van der Waals surface area (Å²) in [6.07, 6.45) is 4.92. The van der Waals surface area contributed by atoms with Gasteiger partial charge < -0.3 is 10.1 Å². The van der Waals surface area contributed by atoms with Crippen molar-refractivity contribution in [3.63, 3.8) is 0 Å². The SMILES string of the molecule is COc1ccc(CCNC2CCCc3sccc32)cc1. The van der Waals surface area contributed by atoms with E-state index in [9.17, 15) is 0 Å². The second-order valence-electron chi connectivity index (χ2n) is 5.30. The minimum Gasteiger partial charge on any atom is -0.497 e. The second-order valence-corrected chi connectivity index (χ2v) is 6.30. The highest BCUT2D eigenvalue weighted by Crippen LogP contribution is 2.33. The standard InChI is InChI=1S/C17H21NOS/c1-19-14-7-5-13(6-8-14)9-11-18-16-3-2-4-17-15(16)10-12-20-17/h5-8,10,12,16,18H,2-4,9,11H2,1H3. The quantitative estimate of drug-likeness (QED) is 0.898. The summed E-state index contributed by atoms with van der Waals surface area (Å²) < 4.78 is 5.18. The molecule has 1 N–H and O–H groups in total. The Bertz CT molecular complexity index is 546. The number of methoxy groups -OCH3 is 1. The van der Waals surface area contributed by atoms with E-state index < -0.39 is 0 Å². The van der Waals surface area contributed by atoms with Gasteiger partial charge in [-0.15, -0.1) is 11.3 Å². The van der Waals surface area contributed by atoms with Crippen LogP contribution in [0.2, 0.25) is 0 Å². The first kappa shape index (κ1) is 13.7. The molecule has 0 bridgehead atoms. The van der Waals surface area contributed by atoms with Crippen LogP contribution in [-0.4, -0.2) is 13.7 Å². The average molecular weight is 287 g/mol. The predicted molar refractivity (Wildman–Crippen MR) is 84.7 cm³/mol. The summed E-state index contributed by atoms with van der Waals surface area (Å²) in [5, 5.41) is 5.95. The molecule has 106 valence electrons. The number of fused-ring (bicyclic) bond motifs is 1. The first-order chi connectivity index (χ1) is 9.86. The highest BCUT2D eigenvalue weighted by molar-refractivity contribution is 7.10. The minimum atomic E-state index is 0.559. The number of benzene rings is 1. The van der Waals surface area contributed by atoms with Crippen molar-refractivity contribution in [1.82, 2.24) is 5.32 Å². The minimum absolute atomic E-state index is 0.559. The average Bonchev–Trinajstić information content (AvgIpc) is 2.97. The van der Waals surface area contributed by atoms with Crippen LogP contribution in [0, 0.1) is 0 Å². The fraction of sp³-hybridized carbons (Fsp3) is 0.412. The Morgan fingerprint density at radius 3 is 2.90 bits per heavy atom. The fourth-order valence-electron chi connectivity index (χ4n) is 2.88. The lowest BCUT2D eigenvalue weighted by Gasteiger charge is -2.23. The molecule has 1 aromatic heterocycles. The van der Waals surface area contributed by atoms with E-state index in [1.165, 1.54) is 30.4 Å². The van der Waals surface area contributed by atoms with E-state index in [0.29, 0.717) is 6.04 Å². The van der Waals surface area contributed by atoms with Crippen molar-refractivity contribution in [2.45, 2.75) is 31.7 Å². The van der Waals surface area contributed by atoms with Gasteiger partial charge >= 0.3 is 0 Å². The van der Waals surface area contributed by atoms with Gasteiger partial charge in [0.15, 0.2) is 0 Å². The number of rotatable bonds is 5. The first-order valence-electron chi connectivity index (χ1n) is 7.29. The molecule has 20 heavy (non-hydrogen) atoms. The van der Waals surface area contributed by atoms with Crippen molar-refractivity contribution in [3.05, 3.63) is 51.7 Å². The molecule has 1 aromatic carbocycles. The van der Waals surface area contributed by atoms with Gasteiger partial charge in [-0.25, -0.2) is 0 Å². The molecule has 1 heterocycles. The molecule has 0 aliphatic heterocycles. The Balaban J connectivity index is 1.53. The van der Waals surface area contributed by atoms with E-state index in [0.717, 1.165) is 18.7 Å². The molecule has 0 spiro atoms. The highest BCUT2D eigenvalue weighted by atomic mass is 32.1. The Morgan fingerprint density at radius 2 is 2.10 bits per heavy atom. The van der Waals surface area contributed by atoms with E-state index in [2.05, 4.69) is 28.9 Å². The summed E-state index contributed by atoms with van der Waals surface area (Å²) in [4.78, 5) is 1.58. The number of hydrogen-bond donors (Lipinski definition) is 1. The molecule has 0 saturated carbocycles. The van der Waals surface area contributed by atoms with Crippen LogP contribution < -0.4 is 10.1 Å². The third kappa shape index (κ3) is 3.05. The van der Waals surface area contributed by atoms with Crippen LogP contribution >= 0.6 is 11.3 Å². The van der Waals surface area contributed by atoms with Gasteiger partial charge in [0, 0.05) is 10.9 Å². The number of thiophene rings is 1. The summed E-state index contributed by atoms with van der Waals surface area (Å²) in [6.45, 7) is 1.03. The van der Waals surface area contributed by atoms with Crippen molar-refractivity contribution in [2.75, 3.05) is 13.7 Å². The van der Waals surface area contributed by atoms with E-state index in [1.807, 2.05) is 23.5 Å². The van der Waals surface area contributed by atoms with Gasteiger partial charge in [0.25, 0.3) is 0 Å². The van der Waals surface area contributed by atoms with Crippen LogP contribution in [0.4, 0.5) is 0 Å². The monoisotopic (exact) mass is 287 g/mol. The van der Waals surface area contributed by atoms with Crippen LogP contribution in [0.15, 0.2) is 35.7 Å². The van der Waals surface area contributed by atoms with Crippen LogP contribution in [-0.2, 0) is 12.8 Å². The normalized spacial score (nSPS) is 17.8.